The van der Waals surface area contributed by atoms with E-state index in [0.717, 1.165) is 16.9 Å². The molecule has 3 heteroatoms. The largest absolute Gasteiger partial charge is 0.768 e. The van der Waals surface area contributed by atoms with Crippen LogP contribution in [0.5, 0.6) is 0 Å². The lowest BCUT2D eigenvalue weighted by Crippen LogP contribution is -2.25. The van der Waals surface area contributed by atoms with E-state index < -0.39 is 11.1 Å². The van der Waals surface area contributed by atoms with Crippen LogP contribution in [0.3, 0.4) is 0 Å². The van der Waals surface area contributed by atoms with Gasteiger partial charge in [0.2, 0.25) is 0 Å². The van der Waals surface area contributed by atoms with E-state index >= 15 is 0 Å². The van der Waals surface area contributed by atoms with Gasteiger partial charge in [-0.3, -0.25) is 4.21 Å². The van der Waals surface area contributed by atoms with E-state index in [-0.39, 0.29) is 0 Å². The fraction of sp³-hybridized carbons (Fsp3) is 0.111. The van der Waals surface area contributed by atoms with Crippen LogP contribution in [0.1, 0.15) is 6.42 Å². The minimum absolute atomic E-state index is 0.404. The minimum Gasteiger partial charge on any atom is -0.768 e. The SMILES string of the molecule is O=S([O-])c1cccc2c1=CCC=2. The molecule has 0 amide bonds. The van der Waals surface area contributed by atoms with Crippen LogP contribution in [0.25, 0.3) is 12.2 Å². The van der Waals surface area contributed by atoms with Crippen molar-refractivity contribution in [2.75, 3.05) is 0 Å². The van der Waals surface area contributed by atoms with Crippen molar-refractivity contribution >= 4 is 23.2 Å². The zero-order chi connectivity index (χ0) is 8.55. The predicted molar refractivity (Wildman–Crippen MR) is 46.4 cm³/mol. The van der Waals surface area contributed by atoms with E-state index in [0.29, 0.717) is 4.90 Å². The highest BCUT2D eigenvalue weighted by Gasteiger charge is 1.99. The van der Waals surface area contributed by atoms with Crippen LogP contribution in [0, 0.1) is 0 Å². The summed E-state index contributed by atoms with van der Waals surface area (Å²) in [7, 11) is 0. The topological polar surface area (TPSA) is 40.1 Å². The third-order valence-corrected chi connectivity index (χ3v) is 2.65. The maximum atomic E-state index is 10.7. The van der Waals surface area contributed by atoms with Gasteiger partial charge in [-0.2, -0.15) is 0 Å². The molecule has 62 valence electrons. The molecule has 0 saturated heterocycles. The second-order valence-corrected chi connectivity index (χ2v) is 3.55. The van der Waals surface area contributed by atoms with Gasteiger partial charge in [0.1, 0.15) is 0 Å². The summed E-state index contributed by atoms with van der Waals surface area (Å²) < 4.78 is 21.5. The lowest BCUT2D eigenvalue weighted by Gasteiger charge is -2.04. The van der Waals surface area contributed by atoms with Gasteiger partial charge < -0.3 is 4.55 Å². The molecule has 1 atom stereocenters. The first-order valence-corrected chi connectivity index (χ1v) is 4.75. The maximum absolute atomic E-state index is 10.7. The van der Waals surface area contributed by atoms with Gasteiger partial charge in [0.15, 0.2) is 0 Å². The van der Waals surface area contributed by atoms with Crippen LogP contribution in [-0.4, -0.2) is 8.76 Å². The third-order valence-electron chi connectivity index (χ3n) is 1.94. The second kappa shape index (κ2) is 2.84. The molecule has 0 aromatic heterocycles. The maximum Gasteiger partial charge on any atom is 0.0323 e. The summed E-state index contributed by atoms with van der Waals surface area (Å²) in [4.78, 5) is 0.404. The summed E-state index contributed by atoms with van der Waals surface area (Å²) >= 11 is -2.11. The van der Waals surface area contributed by atoms with Gasteiger partial charge in [0.05, 0.1) is 0 Å². The summed E-state index contributed by atoms with van der Waals surface area (Å²) in [5.74, 6) is 0. The van der Waals surface area contributed by atoms with Crippen LogP contribution >= 0.6 is 0 Å². The highest BCUT2D eigenvalue weighted by molar-refractivity contribution is 7.79. The summed E-state index contributed by atoms with van der Waals surface area (Å²) in [6, 6.07) is 5.31. The van der Waals surface area contributed by atoms with Crippen molar-refractivity contribution in [2.24, 2.45) is 0 Å². The lowest BCUT2D eigenvalue weighted by molar-refractivity contribution is 0.536. The predicted octanol–water partition coefficient (Wildman–Crippen LogP) is -0.111. The van der Waals surface area contributed by atoms with Gasteiger partial charge in [-0.1, -0.05) is 24.3 Å². The quantitative estimate of drug-likeness (QED) is 0.564. The molecule has 2 rings (SSSR count). The molecule has 0 fully saturated rings. The Balaban J connectivity index is 2.84. The number of hydrogen-bond acceptors (Lipinski definition) is 2. The fourth-order valence-electron chi connectivity index (χ4n) is 1.41. The van der Waals surface area contributed by atoms with Gasteiger partial charge in [-0.25, -0.2) is 0 Å². The van der Waals surface area contributed by atoms with Gasteiger partial charge in [0.25, 0.3) is 0 Å². The molecule has 1 aliphatic rings. The van der Waals surface area contributed by atoms with Crippen molar-refractivity contribution in [1.29, 1.82) is 0 Å². The molecule has 0 N–H and O–H groups in total. The van der Waals surface area contributed by atoms with Gasteiger partial charge in [0, 0.05) is 4.90 Å². The first-order chi connectivity index (χ1) is 5.79. The van der Waals surface area contributed by atoms with E-state index in [1.54, 1.807) is 12.1 Å². The molecule has 1 aliphatic carbocycles. The zero-order valence-corrected chi connectivity index (χ0v) is 7.14. The van der Waals surface area contributed by atoms with Gasteiger partial charge in [-0.15, -0.1) is 0 Å². The lowest BCUT2D eigenvalue weighted by atomic mass is 10.3. The van der Waals surface area contributed by atoms with E-state index in [2.05, 4.69) is 0 Å². The van der Waals surface area contributed by atoms with E-state index in [9.17, 15) is 8.76 Å². The van der Waals surface area contributed by atoms with Crippen molar-refractivity contribution < 1.29 is 8.76 Å². The monoisotopic (exact) mass is 179 g/mol. The van der Waals surface area contributed by atoms with Crippen molar-refractivity contribution in [2.45, 2.75) is 11.3 Å². The molecule has 1 aromatic carbocycles. The molecular weight excluding hydrogens is 172 g/mol. The van der Waals surface area contributed by atoms with E-state index in [1.165, 1.54) is 0 Å². The van der Waals surface area contributed by atoms with Crippen LogP contribution in [0.15, 0.2) is 23.1 Å². The molecule has 2 nitrogen and oxygen atoms in total. The fourth-order valence-corrected chi connectivity index (χ4v) is 1.98. The van der Waals surface area contributed by atoms with Crippen molar-refractivity contribution in [3.63, 3.8) is 0 Å². The summed E-state index contributed by atoms with van der Waals surface area (Å²) in [6.07, 6.45) is 4.79. The van der Waals surface area contributed by atoms with Crippen molar-refractivity contribution in [3.8, 4) is 0 Å². The molecule has 0 saturated carbocycles. The Hall–Kier alpha value is -0.930. The van der Waals surface area contributed by atoms with Gasteiger partial charge >= 0.3 is 0 Å². The average molecular weight is 179 g/mol. The molecule has 0 radical (unpaired) electrons. The molecule has 1 aromatic rings. The molecule has 0 aliphatic heterocycles. The number of benzene rings is 1. The minimum atomic E-state index is -2.11. The number of hydrogen-bond donors (Lipinski definition) is 0. The molecule has 0 heterocycles. The Bertz CT molecular complexity index is 448. The Morgan fingerprint density at radius 3 is 2.92 bits per heavy atom. The second-order valence-electron chi connectivity index (χ2n) is 2.64. The van der Waals surface area contributed by atoms with Crippen LogP contribution in [-0.2, 0) is 11.1 Å². The van der Waals surface area contributed by atoms with Crippen LogP contribution in [0.4, 0.5) is 0 Å². The molecule has 12 heavy (non-hydrogen) atoms. The Morgan fingerprint density at radius 2 is 2.17 bits per heavy atom. The third kappa shape index (κ3) is 1.11. The number of fused-ring (bicyclic) bond motifs is 1. The van der Waals surface area contributed by atoms with Crippen LogP contribution < -0.4 is 10.4 Å². The van der Waals surface area contributed by atoms with Crippen molar-refractivity contribution in [3.05, 3.63) is 28.6 Å². The Labute approximate surface area is 72.5 Å². The smallest absolute Gasteiger partial charge is 0.0323 e. The van der Waals surface area contributed by atoms with Gasteiger partial charge in [-0.05, 0) is 34.0 Å². The average Bonchev–Trinajstić information content (AvgIpc) is 2.49. The highest BCUT2D eigenvalue weighted by atomic mass is 32.2. The molecule has 1 unspecified atom stereocenters. The highest BCUT2D eigenvalue weighted by Crippen LogP contribution is 1.98. The summed E-state index contributed by atoms with van der Waals surface area (Å²) in [6.45, 7) is 0. The Kier molecular flexibility index (Phi) is 1.83. The van der Waals surface area contributed by atoms with E-state index in [4.69, 9.17) is 0 Å². The molecule has 0 bridgehead atoms. The molecule has 0 spiro atoms. The first kappa shape index (κ1) is 7.71. The standard InChI is InChI=1S/C9H8O2S/c10-12(11)9-6-2-4-7-3-1-5-8(7)9/h2-6H,1H2,(H,10,11)/p-1. The Morgan fingerprint density at radius 1 is 1.33 bits per heavy atom. The van der Waals surface area contributed by atoms with Crippen molar-refractivity contribution in [1.82, 2.24) is 0 Å². The number of rotatable bonds is 1. The normalized spacial score (nSPS) is 16.1. The van der Waals surface area contributed by atoms with Crippen LogP contribution in [0.2, 0.25) is 0 Å². The van der Waals surface area contributed by atoms with E-state index in [1.807, 2.05) is 18.2 Å². The zero-order valence-electron chi connectivity index (χ0n) is 6.32. The molecular formula is C9H7O2S-. The first-order valence-electron chi connectivity index (χ1n) is 3.68. The summed E-state index contributed by atoms with van der Waals surface area (Å²) in [5.41, 5.74) is 0. The summed E-state index contributed by atoms with van der Waals surface area (Å²) in [5, 5.41) is 1.88.